The van der Waals surface area contributed by atoms with E-state index in [9.17, 15) is 0 Å². The van der Waals surface area contributed by atoms with Gasteiger partial charge in [-0.1, -0.05) is 6.92 Å². The van der Waals surface area contributed by atoms with Gasteiger partial charge in [0.1, 0.15) is 10.7 Å². The van der Waals surface area contributed by atoms with Gasteiger partial charge in [0.2, 0.25) is 0 Å². The second-order valence-electron chi connectivity index (χ2n) is 4.82. The Morgan fingerprint density at radius 2 is 2.37 bits per heavy atom. The van der Waals surface area contributed by atoms with E-state index in [1.165, 1.54) is 29.8 Å². The number of fused-ring (bicyclic) bond motifs is 1. The van der Waals surface area contributed by atoms with Gasteiger partial charge in [-0.25, -0.2) is 4.98 Å². The van der Waals surface area contributed by atoms with Crippen LogP contribution in [0.15, 0.2) is 18.6 Å². The van der Waals surface area contributed by atoms with Crippen molar-refractivity contribution in [3.63, 3.8) is 0 Å². The fourth-order valence-electron chi connectivity index (χ4n) is 2.45. The lowest BCUT2D eigenvalue weighted by Gasteiger charge is -2.22. The lowest BCUT2D eigenvalue weighted by molar-refractivity contribution is 0.465. The molecule has 0 bridgehead atoms. The Labute approximate surface area is 117 Å². The summed E-state index contributed by atoms with van der Waals surface area (Å²) in [6.07, 6.45) is 9.91. The molecule has 3 rings (SSSR count). The maximum Gasteiger partial charge on any atom is 0.144 e. The standard InChI is InChI=1S/C14H18N4S/c1-2-6-16-10-4-3-5-11-13(10)19-14(18-11)12-9-15-7-8-17-12/h7-10,16H,2-6H2,1H3. The Morgan fingerprint density at radius 3 is 3.16 bits per heavy atom. The summed E-state index contributed by atoms with van der Waals surface area (Å²) in [5.74, 6) is 0. The third kappa shape index (κ3) is 2.67. The van der Waals surface area contributed by atoms with Crippen LogP contribution in [0.2, 0.25) is 0 Å². The molecule has 0 amide bonds. The fourth-order valence-corrected chi connectivity index (χ4v) is 3.64. The van der Waals surface area contributed by atoms with Crippen LogP contribution in [0.3, 0.4) is 0 Å². The molecule has 0 aliphatic heterocycles. The fraction of sp³-hybridized carbons (Fsp3) is 0.500. The minimum atomic E-state index is 0.478. The van der Waals surface area contributed by atoms with Gasteiger partial charge in [0.25, 0.3) is 0 Å². The smallest absolute Gasteiger partial charge is 0.144 e. The van der Waals surface area contributed by atoms with E-state index < -0.39 is 0 Å². The van der Waals surface area contributed by atoms with E-state index >= 15 is 0 Å². The van der Waals surface area contributed by atoms with Gasteiger partial charge in [-0.05, 0) is 32.2 Å². The average molecular weight is 274 g/mol. The summed E-state index contributed by atoms with van der Waals surface area (Å²) in [7, 11) is 0. The number of rotatable bonds is 4. The maximum atomic E-state index is 4.76. The first kappa shape index (κ1) is 12.7. The summed E-state index contributed by atoms with van der Waals surface area (Å²) >= 11 is 1.77. The van der Waals surface area contributed by atoms with Crippen LogP contribution in [0, 0.1) is 0 Å². The predicted molar refractivity (Wildman–Crippen MR) is 77.1 cm³/mol. The van der Waals surface area contributed by atoms with Crippen LogP contribution in [0.4, 0.5) is 0 Å². The number of aryl methyl sites for hydroxylation is 1. The monoisotopic (exact) mass is 274 g/mol. The van der Waals surface area contributed by atoms with Crippen molar-refractivity contribution in [1.29, 1.82) is 0 Å². The van der Waals surface area contributed by atoms with Crippen LogP contribution >= 0.6 is 11.3 Å². The second kappa shape index (κ2) is 5.75. The molecular formula is C14H18N4S. The summed E-state index contributed by atoms with van der Waals surface area (Å²) in [6, 6.07) is 0.478. The molecule has 2 heterocycles. The number of nitrogens with zero attached hydrogens (tertiary/aromatic N) is 3. The van der Waals surface area contributed by atoms with Crippen molar-refractivity contribution in [1.82, 2.24) is 20.3 Å². The molecule has 1 N–H and O–H groups in total. The van der Waals surface area contributed by atoms with Gasteiger partial charge in [0, 0.05) is 23.3 Å². The molecule has 1 aliphatic rings. The molecule has 2 aromatic rings. The molecular weight excluding hydrogens is 256 g/mol. The minimum Gasteiger partial charge on any atom is -0.309 e. The molecule has 0 fully saturated rings. The van der Waals surface area contributed by atoms with E-state index in [4.69, 9.17) is 4.98 Å². The first-order valence-electron chi connectivity index (χ1n) is 6.88. The molecule has 0 saturated heterocycles. The molecule has 0 aromatic carbocycles. The lowest BCUT2D eigenvalue weighted by atomic mass is 9.98. The van der Waals surface area contributed by atoms with Crippen LogP contribution in [0.25, 0.3) is 10.7 Å². The largest absolute Gasteiger partial charge is 0.309 e. The third-order valence-electron chi connectivity index (χ3n) is 3.37. The molecule has 2 aromatic heterocycles. The quantitative estimate of drug-likeness (QED) is 0.931. The number of hydrogen-bond acceptors (Lipinski definition) is 5. The van der Waals surface area contributed by atoms with E-state index in [0.29, 0.717) is 6.04 Å². The van der Waals surface area contributed by atoms with Crippen molar-refractivity contribution in [3.8, 4) is 10.7 Å². The van der Waals surface area contributed by atoms with Gasteiger partial charge in [-0.15, -0.1) is 11.3 Å². The zero-order chi connectivity index (χ0) is 13.1. The highest BCUT2D eigenvalue weighted by atomic mass is 32.1. The number of nitrogens with one attached hydrogen (secondary N) is 1. The van der Waals surface area contributed by atoms with Crippen molar-refractivity contribution in [2.75, 3.05) is 6.54 Å². The van der Waals surface area contributed by atoms with Crippen LogP contribution in [0.1, 0.15) is 42.8 Å². The van der Waals surface area contributed by atoms with Gasteiger partial charge < -0.3 is 5.32 Å². The van der Waals surface area contributed by atoms with Crippen LogP contribution in [0.5, 0.6) is 0 Å². The first-order chi connectivity index (χ1) is 9.38. The Balaban J connectivity index is 1.89. The third-order valence-corrected chi connectivity index (χ3v) is 4.61. The summed E-state index contributed by atoms with van der Waals surface area (Å²) in [5, 5.41) is 4.63. The Bertz CT molecular complexity index is 538. The van der Waals surface area contributed by atoms with Gasteiger partial charge in [-0.2, -0.15) is 0 Å². The average Bonchev–Trinajstić information content (AvgIpc) is 2.90. The molecule has 1 unspecified atom stereocenters. The van der Waals surface area contributed by atoms with Crippen molar-refractivity contribution in [2.24, 2.45) is 0 Å². The lowest BCUT2D eigenvalue weighted by Crippen LogP contribution is -2.24. The highest BCUT2D eigenvalue weighted by Crippen LogP contribution is 2.37. The Hall–Kier alpha value is -1.33. The molecule has 5 heteroatoms. The maximum absolute atomic E-state index is 4.76. The molecule has 100 valence electrons. The van der Waals surface area contributed by atoms with E-state index in [1.54, 1.807) is 29.9 Å². The normalized spacial score (nSPS) is 18.3. The summed E-state index contributed by atoms with van der Waals surface area (Å²) < 4.78 is 0. The van der Waals surface area contributed by atoms with E-state index in [-0.39, 0.29) is 0 Å². The first-order valence-corrected chi connectivity index (χ1v) is 7.69. The van der Waals surface area contributed by atoms with Crippen molar-refractivity contribution < 1.29 is 0 Å². The number of aromatic nitrogens is 3. The molecule has 1 aliphatic carbocycles. The highest BCUT2D eigenvalue weighted by Gasteiger charge is 2.24. The highest BCUT2D eigenvalue weighted by molar-refractivity contribution is 7.15. The van der Waals surface area contributed by atoms with Gasteiger partial charge >= 0.3 is 0 Å². The van der Waals surface area contributed by atoms with Crippen molar-refractivity contribution in [2.45, 2.75) is 38.6 Å². The topological polar surface area (TPSA) is 50.7 Å². The molecule has 0 saturated carbocycles. The molecule has 1 atom stereocenters. The van der Waals surface area contributed by atoms with Gasteiger partial charge in [0.15, 0.2) is 0 Å². The van der Waals surface area contributed by atoms with E-state index in [1.807, 2.05) is 0 Å². The Morgan fingerprint density at radius 1 is 1.42 bits per heavy atom. The summed E-state index contributed by atoms with van der Waals surface area (Å²) in [6.45, 7) is 3.27. The van der Waals surface area contributed by atoms with Gasteiger partial charge in [-0.3, -0.25) is 9.97 Å². The number of hydrogen-bond donors (Lipinski definition) is 1. The predicted octanol–water partition coefficient (Wildman–Crippen LogP) is 2.98. The van der Waals surface area contributed by atoms with Crippen LogP contribution in [-0.2, 0) is 6.42 Å². The summed E-state index contributed by atoms with van der Waals surface area (Å²) in [5.41, 5.74) is 2.14. The van der Waals surface area contributed by atoms with E-state index in [2.05, 4.69) is 22.2 Å². The SMILES string of the molecule is CCCNC1CCCc2nc(-c3cnccn3)sc21. The van der Waals surface area contributed by atoms with Crippen LogP contribution < -0.4 is 5.32 Å². The van der Waals surface area contributed by atoms with Crippen molar-refractivity contribution >= 4 is 11.3 Å². The van der Waals surface area contributed by atoms with Crippen molar-refractivity contribution in [3.05, 3.63) is 29.2 Å². The second-order valence-corrected chi connectivity index (χ2v) is 5.85. The Kier molecular flexibility index (Phi) is 3.84. The minimum absolute atomic E-state index is 0.478. The molecule has 0 radical (unpaired) electrons. The molecule has 0 spiro atoms. The van der Waals surface area contributed by atoms with Crippen LogP contribution in [-0.4, -0.2) is 21.5 Å². The molecule has 4 nitrogen and oxygen atoms in total. The zero-order valence-electron chi connectivity index (χ0n) is 11.1. The number of thiazole rings is 1. The van der Waals surface area contributed by atoms with E-state index in [0.717, 1.165) is 23.7 Å². The summed E-state index contributed by atoms with van der Waals surface area (Å²) in [4.78, 5) is 14.6. The molecule has 19 heavy (non-hydrogen) atoms. The zero-order valence-corrected chi connectivity index (χ0v) is 11.9. The van der Waals surface area contributed by atoms with Gasteiger partial charge in [0.05, 0.1) is 11.9 Å².